The average Bonchev–Trinajstić information content (AvgIpc) is 2.61. The van der Waals surface area contributed by atoms with Crippen LogP contribution in [-0.2, 0) is 4.79 Å². The number of likely N-dealkylation sites (N-methyl/N-ethyl adjacent to an activating group) is 1. The maximum Gasteiger partial charge on any atom is 0.291 e. The molecule has 7 heteroatoms. The molecule has 27 heavy (non-hydrogen) atoms. The number of ether oxygens (including phenoxy) is 1. The van der Waals surface area contributed by atoms with Gasteiger partial charge >= 0.3 is 0 Å². The summed E-state index contributed by atoms with van der Waals surface area (Å²) in [6.45, 7) is 1.28. The molecular weight excluding hydrogens is 366 g/mol. The van der Waals surface area contributed by atoms with E-state index >= 15 is 0 Å². The zero-order valence-corrected chi connectivity index (χ0v) is 15.8. The minimum Gasteiger partial charge on any atom is -0.449 e. The SMILES string of the molecule is CN(C)CCNC(=O)c1ccc2c(c1)NC(=O)/C(=C/c1cccc(Cl)c1)O2. The first kappa shape index (κ1) is 18.9. The molecule has 140 valence electrons. The lowest BCUT2D eigenvalue weighted by molar-refractivity contribution is -0.115. The number of carbonyl (C=O) groups excluding carboxylic acids is 2. The number of hydrogen-bond donors (Lipinski definition) is 2. The van der Waals surface area contributed by atoms with Crippen LogP contribution < -0.4 is 15.4 Å². The van der Waals surface area contributed by atoms with E-state index in [-0.39, 0.29) is 17.6 Å². The maximum atomic E-state index is 12.3. The van der Waals surface area contributed by atoms with Gasteiger partial charge < -0.3 is 20.3 Å². The summed E-state index contributed by atoms with van der Waals surface area (Å²) >= 11 is 5.97. The molecule has 2 amide bonds. The molecule has 0 saturated carbocycles. The Labute approximate surface area is 162 Å². The van der Waals surface area contributed by atoms with Crippen molar-refractivity contribution in [3.8, 4) is 5.75 Å². The van der Waals surface area contributed by atoms with Gasteiger partial charge in [0.2, 0.25) is 0 Å². The van der Waals surface area contributed by atoms with E-state index in [1.54, 1.807) is 42.5 Å². The Morgan fingerprint density at radius 2 is 2.07 bits per heavy atom. The Bertz CT molecular complexity index is 909. The number of amides is 2. The first-order valence-corrected chi connectivity index (χ1v) is 8.83. The monoisotopic (exact) mass is 385 g/mol. The van der Waals surface area contributed by atoms with Gasteiger partial charge in [-0.1, -0.05) is 23.7 Å². The van der Waals surface area contributed by atoms with Crippen molar-refractivity contribution in [2.45, 2.75) is 0 Å². The van der Waals surface area contributed by atoms with E-state index in [0.29, 0.717) is 28.6 Å². The van der Waals surface area contributed by atoms with E-state index in [0.717, 1.165) is 12.1 Å². The van der Waals surface area contributed by atoms with Crippen LogP contribution in [0.25, 0.3) is 6.08 Å². The molecule has 0 saturated heterocycles. The third-order valence-electron chi connectivity index (χ3n) is 3.92. The van der Waals surface area contributed by atoms with Crippen LogP contribution in [0.4, 0.5) is 5.69 Å². The quantitative estimate of drug-likeness (QED) is 0.776. The van der Waals surface area contributed by atoms with Gasteiger partial charge in [-0.05, 0) is 56.1 Å². The van der Waals surface area contributed by atoms with E-state index < -0.39 is 0 Å². The first-order valence-electron chi connectivity index (χ1n) is 8.46. The van der Waals surface area contributed by atoms with Crippen LogP contribution >= 0.6 is 11.6 Å². The van der Waals surface area contributed by atoms with Gasteiger partial charge in [0.25, 0.3) is 11.8 Å². The van der Waals surface area contributed by atoms with Crippen LogP contribution in [0.3, 0.4) is 0 Å². The van der Waals surface area contributed by atoms with Gasteiger partial charge in [0, 0.05) is 23.7 Å². The zero-order chi connectivity index (χ0) is 19.4. The van der Waals surface area contributed by atoms with Crippen molar-refractivity contribution in [1.29, 1.82) is 0 Å². The molecular formula is C20H20ClN3O3. The minimum absolute atomic E-state index is 0.160. The molecule has 0 radical (unpaired) electrons. The highest BCUT2D eigenvalue weighted by Crippen LogP contribution is 2.32. The highest BCUT2D eigenvalue weighted by molar-refractivity contribution is 6.30. The first-order chi connectivity index (χ1) is 12.9. The molecule has 1 aliphatic heterocycles. The molecule has 0 bridgehead atoms. The molecule has 0 aliphatic carbocycles. The summed E-state index contributed by atoms with van der Waals surface area (Å²) in [6, 6.07) is 12.1. The van der Waals surface area contributed by atoms with Crippen LogP contribution in [0, 0.1) is 0 Å². The van der Waals surface area contributed by atoms with E-state index in [1.807, 2.05) is 25.1 Å². The van der Waals surface area contributed by atoms with Gasteiger partial charge in [0.15, 0.2) is 11.5 Å². The van der Waals surface area contributed by atoms with Crippen molar-refractivity contribution in [2.24, 2.45) is 0 Å². The molecule has 0 fully saturated rings. The molecule has 2 aromatic rings. The summed E-state index contributed by atoms with van der Waals surface area (Å²) in [5.74, 6) is 0.0578. The van der Waals surface area contributed by atoms with Crippen LogP contribution in [0.2, 0.25) is 5.02 Å². The predicted molar refractivity (Wildman–Crippen MR) is 106 cm³/mol. The second kappa shape index (κ2) is 8.24. The molecule has 3 rings (SSSR count). The number of fused-ring (bicyclic) bond motifs is 1. The fourth-order valence-electron chi connectivity index (χ4n) is 2.54. The lowest BCUT2D eigenvalue weighted by Crippen LogP contribution is -2.31. The summed E-state index contributed by atoms with van der Waals surface area (Å²) in [7, 11) is 3.87. The smallest absolute Gasteiger partial charge is 0.291 e. The fourth-order valence-corrected chi connectivity index (χ4v) is 2.74. The van der Waals surface area contributed by atoms with Crippen molar-refractivity contribution < 1.29 is 14.3 Å². The second-order valence-corrected chi connectivity index (χ2v) is 6.83. The van der Waals surface area contributed by atoms with Crippen LogP contribution in [-0.4, -0.2) is 43.9 Å². The third kappa shape index (κ3) is 4.87. The van der Waals surface area contributed by atoms with Crippen LogP contribution in [0.1, 0.15) is 15.9 Å². The molecule has 0 spiro atoms. The van der Waals surface area contributed by atoms with Crippen molar-refractivity contribution in [2.75, 3.05) is 32.5 Å². The Morgan fingerprint density at radius 3 is 2.81 bits per heavy atom. The number of rotatable bonds is 5. The third-order valence-corrected chi connectivity index (χ3v) is 4.16. The lowest BCUT2D eigenvalue weighted by atomic mass is 10.1. The number of nitrogens with zero attached hydrogens (tertiary/aromatic N) is 1. The topological polar surface area (TPSA) is 70.7 Å². The normalized spacial score (nSPS) is 14.5. The number of benzene rings is 2. The molecule has 0 atom stereocenters. The molecule has 2 N–H and O–H groups in total. The van der Waals surface area contributed by atoms with Gasteiger partial charge in [-0.15, -0.1) is 0 Å². The van der Waals surface area contributed by atoms with E-state index in [9.17, 15) is 9.59 Å². The molecule has 0 aromatic heterocycles. The number of anilines is 1. The van der Waals surface area contributed by atoms with Gasteiger partial charge in [0.1, 0.15) is 0 Å². The fraction of sp³-hybridized carbons (Fsp3) is 0.200. The molecule has 0 unspecified atom stereocenters. The van der Waals surface area contributed by atoms with Crippen molar-refractivity contribution in [1.82, 2.24) is 10.2 Å². The molecule has 1 aliphatic rings. The zero-order valence-electron chi connectivity index (χ0n) is 15.1. The van der Waals surface area contributed by atoms with Crippen LogP contribution in [0.5, 0.6) is 5.75 Å². The second-order valence-electron chi connectivity index (χ2n) is 6.39. The highest BCUT2D eigenvalue weighted by Gasteiger charge is 2.23. The van der Waals surface area contributed by atoms with E-state index in [1.165, 1.54) is 0 Å². The predicted octanol–water partition coefficient (Wildman–Crippen LogP) is 3.00. The van der Waals surface area contributed by atoms with Gasteiger partial charge in [-0.25, -0.2) is 0 Å². The molecule has 2 aromatic carbocycles. The Balaban J connectivity index is 1.75. The van der Waals surface area contributed by atoms with Gasteiger partial charge in [0.05, 0.1) is 5.69 Å². The number of hydrogen-bond acceptors (Lipinski definition) is 4. The summed E-state index contributed by atoms with van der Waals surface area (Å²) < 4.78 is 5.70. The van der Waals surface area contributed by atoms with Gasteiger partial charge in [-0.3, -0.25) is 9.59 Å². The van der Waals surface area contributed by atoms with E-state index in [4.69, 9.17) is 16.3 Å². The van der Waals surface area contributed by atoms with Crippen molar-refractivity contribution in [3.05, 3.63) is 64.4 Å². The largest absolute Gasteiger partial charge is 0.449 e. The Kier molecular flexibility index (Phi) is 5.78. The Morgan fingerprint density at radius 1 is 1.26 bits per heavy atom. The highest BCUT2D eigenvalue weighted by atomic mass is 35.5. The summed E-state index contributed by atoms with van der Waals surface area (Å²) in [6.07, 6.45) is 1.62. The number of nitrogens with one attached hydrogen (secondary N) is 2. The molecule has 6 nitrogen and oxygen atoms in total. The van der Waals surface area contributed by atoms with Crippen LogP contribution in [0.15, 0.2) is 48.2 Å². The number of carbonyl (C=O) groups is 2. The van der Waals surface area contributed by atoms with Crippen molar-refractivity contribution in [3.63, 3.8) is 0 Å². The lowest BCUT2D eigenvalue weighted by Gasteiger charge is -2.20. The minimum atomic E-state index is -0.382. The van der Waals surface area contributed by atoms with E-state index in [2.05, 4.69) is 10.6 Å². The van der Waals surface area contributed by atoms with Crippen molar-refractivity contribution >= 4 is 35.2 Å². The summed E-state index contributed by atoms with van der Waals surface area (Å²) in [5, 5.41) is 6.17. The number of halogens is 1. The summed E-state index contributed by atoms with van der Waals surface area (Å²) in [5.41, 5.74) is 1.68. The van der Waals surface area contributed by atoms with Gasteiger partial charge in [-0.2, -0.15) is 0 Å². The Hall–Kier alpha value is -2.83. The maximum absolute atomic E-state index is 12.3. The average molecular weight is 386 g/mol. The molecule has 1 heterocycles. The standard InChI is InChI=1S/C20H20ClN3O3/c1-24(2)9-8-22-19(25)14-6-7-17-16(12-14)23-20(26)18(27-17)11-13-4-3-5-15(21)10-13/h3-7,10-12H,8-9H2,1-2H3,(H,22,25)(H,23,26)/b18-11-. The summed E-state index contributed by atoms with van der Waals surface area (Å²) in [4.78, 5) is 26.5.